The number of hydrogen-bond donors (Lipinski definition) is 2. The van der Waals surface area contributed by atoms with Crippen LogP contribution in [0.3, 0.4) is 0 Å². The van der Waals surface area contributed by atoms with Crippen molar-refractivity contribution < 1.29 is 9.84 Å². The maximum absolute atomic E-state index is 10.6. The standard InChI is InChI=1S/C26H25N7O2/c27-24-23-20(13-33(25(23)30-15-29-24)19-11-26(34,12-19)14-31-32-28)18-7-6-17-8-9-21(35-22(17)10-18)16-4-2-1-3-5-16/h1-7,10,13,15,19,21,34H,8-9,11-12,14H2,(H2,27,29,30). The van der Waals surface area contributed by atoms with Crippen LogP contribution in [0.2, 0.25) is 0 Å². The van der Waals surface area contributed by atoms with Crippen molar-refractivity contribution in [2.75, 3.05) is 12.3 Å². The third-order valence-corrected chi connectivity index (χ3v) is 7.19. The van der Waals surface area contributed by atoms with Gasteiger partial charge in [-0.3, -0.25) is 0 Å². The van der Waals surface area contributed by atoms with E-state index in [0.29, 0.717) is 18.7 Å². The number of rotatable bonds is 5. The Bertz CT molecular complexity index is 1450. The van der Waals surface area contributed by atoms with E-state index < -0.39 is 5.60 Å². The maximum atomic E-state index is 10.6. The van der Waals surface area contributed by atoms with Gasteiger partial charge in [-0.25, -0.2) is 9.97 Å². The second kappa shape index (κ2) is 8.30. The molecular formula is C26H25N7O2. The molecule has 9 nitrogen and oxygen atoms in total. The maximum Gasteiger partial charge on any atom is 0.146 e. The lowest BCUT2D eigenvalue weighted by molar-refractivity contribution is -0.0578. The summed E-state index contributed by atoms with van der Waals surface area (Å²) in [7, 11) is 0. The molecule has 1 fully saturated rings. The van der Waals surface area contributed by atoms with E-state index in [4.69, 9.17) is 16.0 Å². The van der Waals surface area contributed by atoms with Gasteiger partial charge in [0, 0.05) is 22.7 Å². The number of aromatic nitrogens is 3. The smallest absolute Gasteiger partial charge is 0.146 e. The molecule has 0 amide bonds. The van der Waals surface area contributed by atoms with Crippen molar-refractivity contribution in [3.8, 4) is 16.9 Å². The number of benzene rings is 2. The molecule has 2 aromatic heterocycles. The minimum Gasteiger partial charge on any atom is -0.485 e. The summed E-state index contributed by atoms with van der Waals surface area (Å²) in [6, 6.07) is 16.6. The van der Waals surface area contributed by atoms with E-state index >= 15 is 0 Å². The van der Waals surface area contributed by atoms with Crippen molar-refractivity contribution in [1.82, 2.24) is 14.5 Å². The van der Waals surface area contributed by atoms with Gasteiger partial charge in [-0.15, -0.1) is 0 Å². The van der Waals surface area contributed by atoms with E-state index in [-0.39, 0.29) is 18.7 Å². The lowest BCUT2D eigenvalue weighted by Gasteiger charge is -2.43. The number of hydrogen-bond acceptors (Lipinski definition) is 6. The molecule has 0 bridgehead atoms. The van der Waals surface area contributed by atoms with Gasteiger partial charge < -0.3 is 20.1 Å². The number of ether oxygens (including phenoxy) is 1. The third-order valence-electron chi connectivity index (χ3n) is 7.19. The Kier molecular flexibility index (Phi) is 5.09. The SMILES string of the molecule is [N-]=[N+]=NCC1(O)CC(n2cc(-c3ccc4c(c3)OC(c3ccccc3)CC4)c3c(N)ncnc32)C1. The molecule has 4 aromatic rings. The Hall–Kier alpha value is -4.07. The number of nitrogens with zero attached hydrogens (tertiary/aromatic N) is 6. The molecule has 35 heavy (non-hydrogen) atoms. The third kappa shape index (κ3) is 3.75. The molecule has 1 atom stereocenters. The van der Waals surface area contributed by atoms with E-state index in [1.807, 2.05) is 24.4 Å². The lowest BCUT2D eigenvalue weighted by atomic mass is 9.75. The largest absolute Gasteiger partial charge is 0.485 e. The summed E-state index contributed by atoms with van der Waals surface area (Å²) in [5.74, 6) is 1.29. The summed E-state index contributed by atoms with van der Waals surface area (Å²) in [5, 5.41) is 15.0. The predicted octanol–water partition coefficient (Wildman–Crippen LogP) is 5.12. The molecule has 0 spiro atoms. The van der Waals surface area contributed by atoms with Gasteiger partial charge in [-0.05, 0) is 54.0 Å². The molecule has 1 aliphatic carbocycles. The molecule has 176 valence electrons. The van der Waals surface area contributed by atoms with Gasteiger partial charge in [0.25, 0.3) is 0 Å². The van der Waals surface area contributed by atoms with Gasteiger partial charge in [0.05, 0.1) is 17.5 Å². The number of anilines is 1. The Balaban J connectivity index is 1.36. The Morgan fingerprint density at radius 3 is 2.83 bits per heavy atom. The summed E-state index contributed by atoms with van der Waals surface area (Å²) in [5.41, 5.74) is 18.9. The summed E-state index contributed by atoms with van der Waals surface area (Å²) in [6.07, 6.45) is 6.37. The molecule has 2 aromatic carbocycles. The van der Waals surface area contributed by atoms with Crippen LogP contribution in [0.15, 0.2) is 66.2 Å². The Morgan fingerprint density at radius 2 is 2.03 bits per heavy atom. The predicted molar refractivity (Wildman–Crippen MR) is 133 cm³/mol. The number of aliphatic hydroxyl groups is 1. The zero-order valence-electron chi connectivity index (χ0n) is 19.1. The lowest BCUT2D eigenvalue weighted by Crippen LogP contribution is -2.47. The summed E-state index contributed by atoms with van der Waals surface area (Å²) in [4.78, 5) is 11.5. The highest BCUT2D eigenvalue weighted by atomic mass is 16.5. The first kappa shape index (κ1) is 21.5. The molecule has 1 unspecified atom stereocenters. The molecule has 1 aliphatic heterocycles. The molecule has 2 aliphatic rings. The van der Waals surface area contributed by atoms with E-state index in [0.717, 1.165) is 40.8 Å². The van der Waals surface area contributed by atoms with Crippen molar-refractivity contribution in [2.24, 2.45) is 5.11 Å². The summed E-state index contributed by atoms with van der Waals surface area (Å²) >= 11 is 0. The van der Waals surface area contributed by atoms with Gasteiger partial charge in [0.15, 0.2) is 0 Å². The quantitative estimate of drug-likeness (QED) is 0.238. The molecule has 3 heterocycles. The van der Waals surface area contributed by atoms with E-state index in [2.05, 4.69) is 54.9 Å². The Morgan fingerprint density at radius 1 is 1.20 bits per heavy atom. The first-order chi connectivity index (χ1) is 17.0. The number of nitrogen functional groups attached to an aromatic ring is 1. The van der Waals surface area contributed by atoms with Crippen LogP contribution in [0.5, 0.6) is 5.75 Å². The first-order valence-electron chi connectivity index (χ1n) is 11.7. The fraction of sp³-hybridized carbons (Fsp3) is 0.308. The van der Waals surface area contributed by atoms with Crippen molar-refractivity contribution in [1.29, 1.82) is 0 Å². The van der Waals surface area contributed by atoms with Crippen LogP contribution in [0, 0.1) is 0 Å². The minimum absolute atomic E-state index is 0.0239. The van der Waals surface area contributed by atoms with Crippen molar-refractivity contribution in [3.63, 3.8) is 0 Å². The van der Waals surface area contributed by atoms with Crippen molar-refractivity contribution in [2.45, 2.75) is 43.4 Å². The van der Waals surface area contributed by atoms with Crippen LogP contribution in [-0.4, -0.2) is 31.8 Å². The zero-order valence-corrected chi connectivity index (χ0v) is 19.1. The molecule has 3 N–H and O–H groups in total. The second-order valence-corrected chi connectivity index (χ2v) is 9.46. The van der Waals surface area contributed by atoms with Crippen LogP contribution >= 0.6 is 0 Å². The Labute approximate surface area is 201 Å². The fourth-order valence-electron chi connectivity index (χ4n) is 5.35. The van der Waals surface area contributed by atoms with Crippen molar-refractivity contribution in [3.05, 3.63) is 82.6 Å². The van der Waals surface area contributed by atoms with Crippen LogP contribution in [0.4, 0.5) is 5.82 Å². The molecular weight excluding hydrogens is 442 g/mol. The monoisotopic (exact) mass is 467 g/mol. The molecule has 1 saturated carbocycles. The molecule has 9 heteroatoms. The van der Waals surface area contributed by atoms with Crippen LogP contribution < -0.4 is 10.5 Å². The molecule has 0 radical (unpaired) electrons. The van der Waals surface area contributed by atoms with Crippen LogP contribution in [0.1, 0.15) is 42.5 Å². The van der Waals surface area contributed by atoms with Gasteiger partial charge in [-0.1, -0.05) is 47.6 Å². The number of azide groups is 1. The van der Waals surface area contributed by atoms with Gasteiger partial charge in [0.2, 0.25) is 0 Å². The van der Waals surface area contributed by atoms with Crippen LogP contribution in [-0.2, 0) is 6.42 Å². The number of aryl methyl sites for hydroxylation is 1. The van der Waals surface area contributed by atoms with Crippen LogP contribution in [0.25, 0.3) is 32.6 Å². The van der Waals surface area contributed by atoms with E-state index in [1.165, 1.54) is 17.5 Å². The average molecular weight is 468 g/mol. The highest BCUT2D eigenvalue weighted by Gasteiger charge is 2.43. The molecule has 0 saturated heterocycles. The molecule has 6 rings (SSSR count). The topological polar surface area (TPSA) is 135 Å². The van der Waals surface area contributed by atoms with Crippen molar-refractivity contribution >= 4 is 16.9 Å². The average Bonchev–Trinajstić information content (AvgIpc) is 3.26. The fourth-order valence-corrected chi connectivity index (χ4v) is 5.35. The van der Waals surface area contributed by atoms with E-state index in [1.54, 1.807) is 0 Å². The first-order valence-corrected chi connectivity index (χ1v) is 11.7. The highest BCUT2D eigenvalue weighted by molar-refractivity contribution is 6.01. The van der Waals surface area contributed by atoms with E-state index in [9.17, 15) is 5.11 Å². The highest BCUT2D eigenvalue weighted by Crippen LogP contribution is 2.46. The zero-order chi connectivity index (χ0) is 24.0. The number of fused-ring (bicyclic) bond motifs is 2. The summed E-state index contributed by atoms with van der Waals surface area (Å²) in [6.45, 7) is 0.0634. The second-order valence-electron chi connectivity index (χ2n) is 9.46. The van der Waals surface area contributed by atoms with Gasteiger partial charge in [-0.2, -0.15) is 0 Å². The van der Waals surface area contributed by atoms with Gasteiger partial charge >= 0.3 is 0 Å². The van der Waals surface area contributed by atoms with Gasteiger partial charge in [0.1, 0.15) is 29.6 Å². The summed E-state index contributed by atoms with van der Waals surface area (Å²) < 4.78 is 8.49. The normalized spacial score (nSPS) is 23.1. The minimum atomic E-state index is -0.988. The number of nitrogens with two attached hydrogens (primary N) is 1.